The Balaban J connectivity index is 6.32. The first-order valence-electron chi connectivity index (χ1n) is 7.79. The van der Waals surface area contributed by atoms with Crippen LogP contribution in [0.3, 0.4) is 0 Å². The molecular formula is C12H16F15N3Si. The van der Waals surface area contributed by atoms with Gasteiger partial charge in [-0.2, -0.15) is 65.9 Å². The molecule has 0 radical (unpaired) electrons. The van der Waals surface area contributed by atoms with Gasteiger partial charge in [-0.1, -0.05) is 0 Å². The number of rotatable bonds is 11. The third kappa shape index (κ3) is 4.46. The van der Waals surface area contributed by atoms with Crippen LogP contribution in [-0.2, 0) is 0 Å². The highest BCUT2D eigenvalue weighted by Gasteiger charge is 2.93. The van der Waals surface area contributed by atoms with Gasteiger partial charge in [0.15, 0.2) is 0 Å². The van der Waals surface area contributed by atoms with Crippen molar-refractivity contribution in [2.24, 2.45) is 0 Å². The van der Waals surface area contributed by atoms with Gasteiger partial charge < -0.3 is 14.9 Å². The summed E-state index contributed by atoms with van der Waals surface area (Å²) in [4.78, 5) is 6.98. The van der Waals surface area contributed by atoms with Crippen LogP contribution in [0.15, 0.2) is 0 Å². The molecule has 0 aliphatic heterocycles. The van der Waals surface area contributed by atoms with Crippen LogP contribution in [0.2, 0.25) is 6.04 Å². The maximum absolute atomic E-state index is 13.8. The minimum Gasteiger partial charge on any atom is -0.316 e. The van der Waals surface area contributed by atoms with Crippen molar-refractivity contribution < 1.29 is 65.9 Å². The molecular weight excluding hydrogens is 499 g/mol. The fraction of sp³-hybridized carbons (Fsp3) is 1.00. The Labute approximate surface area is 166 Å². The van der Waals surface area contributed by atoms with Crippen molar-refractivity contribution in [1.82, 2.24) is 14.9 Å². The molecule has 0 spiro atoms. The molecule has 31 heavy (non-hydrogen) atoms. The molecule has 0 aliphatic carbocycles. The Morgan fingerprint density at radius 3 is 1.06 bits per heavy atom. The third-order valence-corrected chi connectivity index (χ3v) is 8.05. The van der Waals surface area contributed by atoms with Gasteiger partial charge in [-0.15, -0.1) is 0 Å². The van der Waals surface area contributed by atoms with Gasteiger partial charge in [-0.25, -0.2) is 0 Å². The Morgan fingerprint density at radius 2 is 0.774 bits per heavy atom. The smallest absolute Gasteiger partial charge is 0.316 e. The van der Waals surface area contributed by atoms with Gasteiger partial charge in [0.05, 0.1) is 0 Å². The molecule has 0 aromatic carbocycles. The molecule has 0 atom stereocenters. The van der Waals surface area contributed by atoms with Gasteiger partial charge in [-0.3, -0.25) is 0 Å². The van der Waals surface area contributed by atoms with Crippen molar-refractivity contribution in [3.63, 3.8) is 0 Å². The van der Waals surface area contributed by atoms with Gasteiger partial charge >= 0.3 is 41.7 Å². The summed E-state index contributed by atoms with van der Waals surface area (Å²) >= 11 is 0. The van der Waals surface area contributed by atoms with E-state index in [0.717, 1.165) is 21.1 Å². The van der Waals surface area contributed by atoms with Crippen LogP contribution in [0.25, 0.3) is 0 Å². The molecule has 0 fully saturated rings. The zero-order valence-electron chi connectivity index (χ0n) is 15.6. The first-order chi connectivity index (χ1) is 13.4. The first-order valence-corrected chi connectivity index (χ1v) is 10.00. The third-order valence-electron chi connectivity index (χ3n) is 4.49. The van der Waals surface area contributed by atoms with Crippen LogP contribution in [0.5, 0.6) is 0 Å². The van der Waals surface area contributed by atoms with Gasteiger partial charge in [0.1, 0.15) is 0 Å². The van der Waals surface area contributed by atoms with E-state index >= 15 is 0 Å². The van der Waals surface area contributed by atoms with Crippen molar-refractivity contribution in [3.05, 3.63) is 0 Å². The molecule has 0 rings (SSSR count). The molecule has 3 nitrogen and oxygen atoms in total. The lowest BCUT2D eigenvalue weighted by molar-refractivity contribution is -0.452. The van der Waals surface area contributed by atoms with Crippen molar-refractivity contribution in [2.45, 2.75) is 54.2 Å². The van der Waals surface area contributed by atoms with E-state index in [4.69, 9.17) is 0 Å². The highest BCUT2D eigenvalue weighted by Crippen LogP contribution is 2.62. The second-order valence-corrected chi connectivity index (χ2v) is 10.0. The number of hydrogen-bond donors (Lipinski definition) is 3. The Bertz CT molecular complexity index is 607. The number of nitrogens with one attached hydrogen (secondary N) is 3. The second-order valence-electron chi connectivity index (χ2n) is 6.23. The van der Waals surface area contributed by atoms with Gasteiger partial charge in [0, 0.05) is 6.42 Å². The quantitative estimate of drug-likeness (QED) is 0.283. The van der Waals surface area contributed by atoms with Gasteiger partial charge in [0.2, 0.25) is 0 Å². The van der Waals surface area contributed by atoms with Crippen LogP contribution in [0.1, 0.15) is 6.42 Å². The predicted octanol–water partition coefficient (Wildman–Crippen LogP) is 4.35. The molecule has 0 bridgehead atoms. The van der Waals surface area contributed by atoms with E-state index in [1.807, 2.05) is 0 Å². The zero-order chi connectivity index (χ0) is 25.5. The Morgan fingerprint density at radius 1 is 0.484 bits per heavy atom. The summed E-state index contributed by atoms with van der Waals surface area (Å²) in [5.41, 5.74) is 0. The van der Waals surface area contributed by atoms with Crippen LogP contribution in [0.4, 0.5) is 65.9 Å². The van der Waals surface area contributed by atoms with Crippen LogP contribution < -0.4 is 14.9 Å². The zero-order valence-corrected chi connectivity index (χ0v) is 16.6. The van der Waals surface area contributed by atoms with Gasteiger partial charge in [0.25, 0.3) is 8.56 Å². The topological polar surface area (TPSA) is 36.1 Å². The van der Waals surface area contributed by atoms with E-state index < -0.39 is 62.7 Å². The molecule has 0 aliphatic rings. The summed E-state index contributed by atoms with van der Waals surface area (Å²) in [5.74, 6) is -46.2. The maximum atomic E-state index is 13.8. The van der Waals surface area contributed by atoms with Crippen LogP contribution in [-0.4, -0.2) is 71.4 Å². The molecule has 0 saturated carbocycles. The molecule has 3 N–H and O–H groups in total. The molecule has 0 amide bonds. The standard InChI is InChI=1S/C12H16F15N3Si/c1-28-31(29-2,30-3)5-4-6(13,14)7(15,16)8(17,18)9(19,20)10(21,22)11(23,24)12(25,26)27/h28-30H,4-5H2,1-3H3. The number of hydrogen-bond acceptors (Lipinski definition) is 3. The van der Waals surface area contributed by atoms with Crippen molar-refractivity contribution in [3.8, 4) is 0 Å². The van der Waals surface area contributed by atoms with Crippen molar-refractivity contribution >= 4 is 8.56 Å². The SMILES string of the molecule is CN[Si](CCC(F)(F)C(F)(F)C(F)(F)C(F)(F)C(F)(F)C(F)(F)C(F)(F)F)(NC)NC. The highest BCUT2D eigenvalue weighted by atomic mass is 28.4. The van der Waals surface area contributed by atoms with E-state index in [2.05, 4.69) is 14.9 Å². The lowest BCUT2D eigenvalue weighted by Crippen LogP contribution is -2.73. The molecule has 0 saturated heterocycles. The van der Waals surface area contributed by atoms with E-state index in [1.165, 1.54) is 0 Å². The molecule has 188 valence electrons. The average molecular weight is 515 g/mol. The molecule has 19 heteroatoms. The molecule has 0 aromatic heterocycles. The first kappa shape index (κ1) is 30.0. The highest BCUT2D eigenvalue weighted by molar-refractivity contribution is 6.72. The summed E-state index contributed by atoms with van der Waals surface area (Å²) in [6.07, 6.45) is -9.98. The molecule has 0 aromatic rings. The van der Waals surface area contributed by atoms with Crippen molar-refractivity contribution in [1.29, 1.82) is 0 Å². The van der Waals surface area contributed by atoms with Gasteiger partial charge in [-0.05, 0) is 27.2 Å². The van der Waals surface area contributed by atoms with E-state index in [0.29, 0.717) is 0 Å². The summed E-state index contributed by atoms with van der Waals surface area (Å²) in [6.45, 7) is 0. The summed E-state index contributed by atoms with van der Waals surface area (Å²) in [6, 6.07) is -1.17. The molecule has 0 heterocycles. The summed E-state index contributed by atoms with van der Waals surface area (Å²) in [7, 11) is -0.229. The lowest BCUT2D eigenvalue weighted by Gasteiger charge is -2.42. The fourth-order valence-corrected chi connectivity index (χ4v) is 4.44. The van der Waals surface area contributed by atoms with Crippen molar-refractivity contribution in [2.75, 3.05) is 21.1 Å². The second kappa shape index (κ2) is 8.43. The molecule has 0 unspecified atom stereocenters. The predicted molar refractivity (Wildman–Crippen MR) is 78.1 cm³/mol. The van der Waals surface area contributed by atoms with Crippen LogP contribution in [0, 0.1) is 0 Å². The largest absolute Gasteiger partial charge is 0.460 e. The number of alkyl halides is 15. The monoisotopic (exact) mass is 515 g/mol. The summed E-state index contributed by atoms with van der Waals surface area (Å²) in [5, 5.41) is 0. The van der Waals surface area contributed by atoms with E-state index in [-0.39, 0.29) is 0 Å². The number of halogens is 15. The summed E-state index contributed by atoms with van der Waals surface area (Å²) < 4.78 is 197. The average Bonchev–Trinajstić information content (AvgIpc) is 2.61. The Hall–Kier alpha value is -0.953. The fourth-order valence-electron chi connectivity index (χ4n) is 2.25. The van der Waals surface area contributed by atoms with Crippen LogP contribution >= 0.6 is 0 Å². The normalized spacial score (nSPS) is 16.1. The van der Waals surface area contributed by atoms with E-state index in [9.17, 15) is 65.9 Å². The minimum absolute atomic E-state index is 1.10. The Kier molecular flexibility index (Phi) is 8.18. The lowest BCUT2D eigenvalue weighted by atomic mass is 9.90. The maximum Gasteiger partial charge on any atom is 0.460 e. The van der Waals surface area contributed by atoms with E-state index in [1.54, 1.807) is 0 Å². The minimum atomic E-state index is -8.25.